The Morgan fingerprint density at radius 3 is 2.50 bits per heavy atom. The van der Waals surface area contributed by atoms with Gasteiger partial charge in [0.2, 0.25) is 9.84 Å². The Morgan fingerprint density at radius 2 is 1.81 bits per heavy atom. The fourth-order valence-electron chi connectivity index (χ4n) is 3.83. The Bertz CT molecular complexity index is 1230. The van der Waals surface area contributed by atoms with Crippen molar-refractivity contribution in [1.29, 1.82) is 0 Å². The molecule has 1 fully saturated rings. The van der Waals surface area contributed by atoms with E-state index in [9.17, 15) is 12.6 Å². The van der Waals surface area contributed by atoms with E-state index in [2.05, 4.69) is 11.9 Å². The summed E-state index contributed by atoms with van der Waals surface area (Å²) in [5, 5.41) is 0.804. The highest BCUT2D eigenvalue weighted by Crippen LogP contribution is 2.37. The highest BCUT2D eigenvalue weighted by atomic mass is 32.2. The summed E-state index contributed by atoms with van der Waals surface area (Å²) in [5.74, 6) is 1.71. The summed E-state index contributed by atoms with van der Waals surface area (Å²) in [7, 11) is -4.68. The number of pyridine rings is 1. The monoisotopic (exact) mass is 472 g/mol. The van der Waals surface area contributed by atoms with Crippen LogP contribution in [0.25, 0.3) is 10.9 Å². The van der Waals surface area contributed by atoms with E-state index in [4.69, 9.17) is 4.74 Å². The lowest BCUT2D eigenvalue weighted by molar-refractivity contribution is 0.309. The third kappa shape index (κ3) is 4.66. The van der Waals surface area contributed by atoms with E-state index in [1.165, 1.54) is 6.20 Å². The predicted molar refractivity (Wildman–Crippen MR) is 129 cm³/mol. The first kappa shape index (κ1) is 22.7. The molecule has 0 radical (unpaired) electrons. The first-order valence-corrected chi connectivity index (χ1v) is 13.8. The predicted octanol–water partition coefficient (Wildman–Crippen LogP) is 4.12. The molecular formula is C24H28N2O4S2. The van der Waals surface area contributed by atoms with Gasteiger partial charge in [-0.25, -0.2) is 8.42 Å². The molecule has 1 aliphatic heterocycles. The fraction of sp³-hybridized carbons (Fsp3) is 0.375. The number of benzene rings is 2. The van der Waals surface area contributed by atoms with E-state index >= 15 is 0 Å². The molecule has 0 atom stereocenters. The highest BCUT2D eigenvalue weighted by Gasteiger charge is 2.28. The number of unbranched alkanes of at least 4 members (excludes halogenated alkanes) is 1. The normalized spacial score (nSPS) is 15.2. The summed E-state index contributed by atoms with van der Waals surface area (Å²) in [4.78, 5) is 6.89. The molecule has 170 valence electrons. The average Bonchev–Trinajstić information content (AvgIpc) is 2.79. The SMILES string of the molecule is CCCCOc1ccc(S(=O)(=O)c2cnc3ccc(C)cc3c2N2CCS(=O)CC2)cc1. The standard InChI is InChI=1S/C24H28N2O4S2/c1-3-4-13-30-19-6-8-20(9-7-19)32(28,29)23-17-25-22-10-5-18(2)16-21(22)24(23)26-11-14-31(27)15-12-26/h5-10,16-17H,3-4,11-15H2,1-2H3. The summed E-state index contributed by atoms with van der Waals surface area (Å²) in [6, 6.07) is 12.4. The lowest BCUT2D eigenvalue weighted by atomic mass is 10.1. The van der Waals surface area contributed by atoms with Gasteiger partial charge in [-0.15, -0.1) is 0 Å². The van der Waals surface area contributed by atoms with Crippen LogP contribution in [0.2, 0.25) is 0 Å². The van der Waals surface area contributed by atoms with E-state index in [1.807, 2.05) is 30.0 Å². The Labute approximate surface area is 192 Å². The summed E-state index contributed by atoms with van der Waals surface area (Å²) < 4.78 is 45.0. The topological polar surface area (TPSA) is 76.6 Å². The van der Waals surface area contributed by atoms with Crippen LogP contribution in [0.5, 0.6) is 5.75 Å². The van der Waals surface area contributed by atoms with Gasteiger partial charge in [-0.1, -0.05) is 25.0 Å². The second-order valence-corrected chi connectivity index (χ2v) is 11.6. The number of anilines is 1. The molecule has 0 unspecified atom stereocenters. The number of nitrogens with zero attached hydrogens (tertiary/aromatic N) is 2. The summed E-state index contributed by atoms with van der Waals surface area (Å²) in [5.41, 5.74) is 2.43. The van der Waals surface area contributed by atoms with Crippen LogP contribution in [0.1, 0.15) is 25.3 Å². The molecule has 6 nitrogen and oxygen atoms in total. The molecule has 0 bridgehead atoms. The van der Waals surface area contributed by atoms with Crippen LogP contribution in [0.15, 0.2) is 58.5 Å². The van der Waals surface area contributed by atoms with Crippen LogP contribution in [0.4, 0.5) is 5.69 Å². The Balaban J connectivity index is 1.78. The summed E-state index contributed by atoms with van der Waals surface area (Å²) in [6.45, 7) is 5.78. The molecule has 4 rings (SSSR count). The van der Waals surface area contributed by atoms with E-state index < -0.39 is 20.6 Å². The molecule has 0 amide bonds. The molecule has 8 heteroatoms. The Hall–Kier alpha value is -2.45. The summed E-state index contributed by atoms with van der Waals surface area (Å²) in [6.07, 6.45) is 3.44. The van der Waals surface area contributed by atoms with Gasteiger partial charge in [-0.05, 0) is 49.7 Å². The number of fused-ring (bicyclic) bond motifs is 1. The largest absolute Gasteiger partial charge is 0.494 e. The Kier molecular flexibility index (Phi) is 6.81. The van der Waals surface area contributed by atoms with E-state index in [-0.39, 0.29) is 9.79 Å². The number of rotatable bonds is 7. The molecular weight excluding hydrogens is 444 g/mol. The minimum absolute atomic E-state index is 0.183. The van der Waals surface area contributed by atoms with Crippen molar-refractivity contribution < 1.29 is 17.4 Å². The van der Waals surface area contributed by atoms with Gasteiger partial charge < -0.3 is 9.64 Å². The van der Waals surface area contributed by atoms with Crippen LogP contribution in [-0.4, -0.2) is 48.8 Å². The molecule has 2 heterocycles. The van der Waals surface area contributed by atoms with Gasteiger partial charge in [0, 0.05) is 47.0 Å². The van der Waals surface area contributed by atoms with Gasteiger partial charge in [-0.2, -0.15) is 0 Å². The third-order valence-corrected chi connectivity index (χ3v) is 8.69. The van der Waals surface area contributed by atoms with E-state index in [1.54, 1.807) is 24.3 Å². The number of sulfone groups is 1. The zero-order valence-electron chi connectivity index (χ0n) is 18.4. The van der Waals surface area contributed by atoms with Gasteiger partial charge in [0.05, 0.1) is 22.7 Å². The van der Waals surface area contributed by atoms with Gasteiger partial charge in [-0.3, -0.25) is 9.19 Å². The number of aryl methyl sites for hydroxylation is 1. The van der Waals surface area contributed by atoms with Crippen molar-refractivity contribution in [3.8, 4) is 5.75 Å². The van der Waals surface area contributed by atoms with Crippen molar-refractivity contribution in [2.24, 2.45) is 0 Å². The van der Waals surface area contributed by atoms with Gasteiger partial charge >= 0.3 is 0 Å². The smallest absolute Gasteiger partial charge is 0.210 e. The van der Waals surface area contributed by atoms with Crippen LogP contribution in [0, 0.1) is 6.92 Å². The summed E-state index contributed by atoms with van der Waals surface area (Å²) >= 11 is 0. The quantitative estimate of drug-likeness (QED) is 0.482. The van der Waals surface area contributed by atoms with Crippen molar-refractivity contribution in [1.82, 2.24) is 4.98 Å². The van der Waals surface area contributed by atoms with Gasteiger partial charge in [0.25, 0.3) is 0 Å². The van der Waals surface area contributed by atoms with Crippen LogP contribution < -0.4 is 9.64 Å². The first-order valence-electron chi connectivity index (χ1n) is 10.9. The van der Waals surface area contributed by atoms with Crippen LogP contribution in [0.3, 0.4) is 0 Å². The minimum Gasteiger partial charge on any atom is -0.494 e. The number of hydrogen-bond donors (Lipinski definition) is 0. The van der Waals surface area contributed by atoms with Crippen molar-refractivity contribution in [2.45, 2.75) is 36.5 Å². The van der Waals surface area contributed by atoms with Gasteiger partial charge in [0.1, 0.15) is 10.6 Å². The highest BCUT2D eigenvalue weighted by molar-refractivity contribution is 7.91. The molecule has 0 N–H and O–H groups in total. The second kappa shape index (κ2) is 9.58. The molecule has 32 heavy (non-hydrogen) atoms. The molecule has 0 saturated carbocycles. The second-order valence-electron chi connectivity index (χ2n) is 8.00. The third-order valence-electron chi connectivity index (χ3n) is 5.65. The number of hydrogen-bond acceptors (Lipinski definition) is 6. The lowest BCUT2D eigenvalue weighted by Gasteiger charge is -2.31. The van der Waals surface area contributed by atoms with Crippen molar-refractivity contribution in [3.63, 3.8) is 0 Å². The minimum atomic E-state index is -3.81. The lowest BCUT2D eigenvalue weighted by Crippen LogP contribution is -2.38. The molecule has 1 saturated heterocycles. The van der Waals surface area contributed by atoms with E-state index in [0.717, 1.165) is 29.3 Å². The number of ether oxygens (including phenoxy) is 1. The fourth-order valence-corrected chi connectivity index (χ4v) is 6.32. The molecule has 0 aliphatic carbocycles. The molecule has 2 aromatic carbocycles. The maximum atomic E-state index is 13.7. The average molecular weight is 473 g/mol. The molecule has 1 aromatic heterocycles. The van der Waals surface area contributed by atoms with E-state index in [0.29, 0.717) is 42.6 Å². The molecule has 1 aliphatic rings. The maximum Gasteiger partial charge on any atom is 0.210 e. The molecule has 0 spiro atoms. The van der Waals surface area contributed by atoms with Crippen molar-refractivity contribution in [2.75, 3.05) is 36.1 Å². The number of aromatic nitrogens is 1. The Morgan fingerprint density at radius 1 is 1.09 bits per heavy atom. The zero-order chi connectivity index (χ0) is 22.7. The van der Waals surface area contributed by atoms with Crippen LogP contribution >= 0.6 is 0 Å². The molecule has 3 aromatic rings. The zero-order valence-corrected chi connectivity index (χ0v) is 20.0. The first-order chi connectivity index (χ1) is 15.4. The van der Waals surface area contributed by atoms with Gasteiger partial charge in [0.15, 0.2) is 0 Å². The van der Waals surface area contributed by atoms with Crippen molar-refractivity contribution in [3.05, 3.63) is 54.2 Å². The van der Waals surface area contributed by atoms with Crippen molar-refractivity contribution >= 4 is 37.2 Å². The van der Waals surface area contributed by atoms with Crippen LogP contribution in [-0.2, 0) is 20.6 Å². The maximum absolute atomic E-state index is 13.7.